The molecule has 3 aromatic rings. The fourth-order valence-electron chi connectivity index (χ4n) is 2.90. The molecule has 0 saturated carbocycles. The lowest BCUT2D eigenvalue weighted by Gasteiger charge is -2.19. The number of ether oxygens (including phenoxy) is 3. The van der Waals surface area contributed by atoms with Crippen LogP contribution < -0.4 is 15.8 Å². The molecule has 0 saturated heterocycles. The van der Waals surface area contributed by atoms with Crippen molar-refractivity contribution in [3.63, 3.8) is 0 Å². The molecule has 0 bridgehead atoms. The number of nitrogens with zero attached hydrogens (tertiary/aromatic N) is 2. The Kier molecular flexibility index (Phi) is 7.88. The van der Waals surface area contributed by atoms with E-state index in [1.54, 1.807) is 18.2 Å². The van der Waals surface area contributed by atoms with Crippen molar-refractivity contribution in [3.8, 4) is 5.75 Å². The number of hydrogen-bond donors (Lipinski definition) is 2. The maximum absolute atomic E-state index is 13.4. The van der Waals surface area contributed by atoms with E-state index in [1.807, 2.05) is 20.8 Å². The standard InChI is InChI=1S/C23H26ClFN4O4/c1-23(2,3)33-21(30)6-7-31-8-9-32-20-12-19-15(11-18(20)26)22(28-13-27-19)29-14-4-5-17(25)16(24)10-14/h4-5,10-13H,6-9,26H2,1-3H3,(H,27,28,29). The molecule has 1 heterocycles. The van der Waals surface area contributed by atoms with Crippen LogP contribution in [-0.2, 0) is 14.3 Å². The highest BCUT2D eigenvalue weighted by molar-refractivity contribution is 6.31. The van der Waals surface area contributed by atoms with Gasteiger partial charge in [0.15, 0.2) is 0 Å². The third-order valence-corrected chi connectivity index (χ3v) is 4.59. The first-order chi connectivity index (χ1) is 15.6. The second-order valence-corrected chi connectivity index (χ2v) is 8.59. The Hall–Kier alpha value is -3.17. The van der Waals surface area contributed by atoms with E-state index < -0.39 is 11.4 Å². The van der Waals surface area contributed by atoms with Crippen molar-refractivity contribution in [1.82, 2.24) is 9.97 Å². The monoisotopic (exact) mass is 476 g/mol. The van der Waals surface area contributed by atoms with Crippen LogP contribution in [0.3, 0.4) is 0 Å². The van der Waals surface area contributed by atoms with Crippen molar-refractivity contribution in [1.29, 1.82) is 0 Å². The molecule has 0 radical (unpaired) electrons. The predicted molar refractivity (Wildman–Crippen MR) is 125 cm³/mol. The molecule has 0 atom stereocenters. The summed E-state index contributed by atoms with van der Waals surface area (Å²) in [4.78, 5) is 20.2. The summed E-state index contributed by atoms with van der Waals surface area (Å²) in [6.07, 6.45) is 1.57. The number of benzene rings is 2. The number of esters is 1. The molecule has 3 N–H and O–H groups in total. The van der Waals surface area contributed by atoms with E-state index in [0.717, 1.165) is 0 Å². The van der Waals surface area contributed by atoms with Crippen molar-refractivity contribution in [2.75, 3.05) is 30.9 Å². The molecule has 8 nitrogen and oxygen atoms in total. The highest BCUT2D eigenvalue weighted by Crippen LogP contribution is 2.32. The third kappa shape index (κ3) is 7.16. The van der Waals surface area contributed by atoms with E-state index in [-0.39, 0.29) is 37.2 Å². The van der Waals surface area contributed by atoms with E-state index >= 15 is 0 Å². The number of anilines is 3. The predicted octanol–water partition coefficient (Wildman–Crippen LogP) is 4.88. The average Bonchev–Trinajstić information content (AvgIpc) is 2.73. The number of halogens is 2. The highest BCUT2D eigenvalue weighted by Gasteiger charge is 2.16. The van der Waals surface area contributed by atoms with Gasteiger partial charge in [0.2, 0.25) is 0 Å². The van der Waals surface area contributed by atoms with Gasteiger partial charge < -0.3 is 25.3 Å². The van der Waals surface area contributed by atoms with Gasteiger partial charge in [0.1, 0.15) is 35.9 Å². The van der Waals surface area contributed by atoms with Crippen LogP contribution in [0.1, 0.15) is 27.2 Å². The first kappa shape index (κ1) is 24.5. The SMILES string of the molecule is CC(C)(C)OC(=O)CCOCCOc1cc2ncnc(Nc3ccc(F)c(Cl)c3)c2cc1N. The van der Waals surface area contributed by atoms with Crippen molar-refractivity contribution in [3.05, 3.63) is 47.5 Å². The normalized spacial score (nSPS) is 11.4. The van der Waals surface area contributed by atoms with E-state index in [2.05, 4.69) is 15.3 Å². The van der Waals surface area contributed by atoms with Crippen molar-refractivity contribution < 1.29 is 23.4 Å². The summed E-state index contributed by atoms with van der Waals surface area (Å²) in [7, 11) is 0. The molecule has 0 aliphatic rings. The summed E-state index contributed by atoms with van der Waals surface area (Å²) >= 11 is 5.85. The number of carbonyl (C=O) groups excluding carboxylic acids is 1. The van der Waals surface area contributed by atoms with Gasteiger partial charge in [-0.05, 0) is 45.0 Å². The zero-order chi connectivity index (χ0) is 24.0. The molecule has 3 rings (SSSR count). The number of fused-ring (bicyclic) bond motifs is 1. The topological polar surface area (TPSA) is 109 Å². The number of nitrogen functional groups attached to an aromatic ring is 1. The molecule has 0 aliphatic carbocycles. The van der Waals surface area contributed by atoms with E-state index in [4.69, 9.17) is 31.5 Å². The fraction of sp³-hybridized carbons (Fsp3) is 0.348. The lowest BCUT2D eigenvalue weighted by Crippen LogP contribution is -2.24. The fourth-order valence-corrected chi connectivity index (χ4v) is 3.08. The number of rotatable bonds is 9. The number of nitrogens with one attached hydrogen (secondary N) is 1. The maximum Gasteiger partial charge on any atom is 0.308 e. The molecule has 10 heteroatoms. The van der Waals surface area contributed by atoms with Gasteiger partial charge in [-0.25, -0.2) is 14.4 Å². The van der Waals surface area contributed by atoms with Crippen LogP contribution in [0.5, 0.6) is 5.75 Å². The van der Waals surface area contributed by atoms with E-state index in [0.29, 0.717) is 33.8 Å². The third-order valence-electron chi connectivity index (χ3n) is 4.31. The van der Waals surface area contributed by atoms with E-state index in [9.17, 15) is 9.18 Å². The van der Waals surface area contributed by atoms with Crippen LogP contribution in [0.4, 0.5) is 21.6 Å². The van der Waals surface area contributed by atoms with Crippen LogP contribution in [0.25, 0.3) is 10.9 Å². The van der Waals surface area contributed by atoms with Gasteiger partial charge in [-0.1, -0.05) is 11.6 Å². The summed E-state index contributed by atoms with van der Waals surface area (Å²) in [5.41, 5.74) is 7.21. The first-order valence-electron chi connectivity index (χ1n) is 10.3. The zero-order valence-corrected chi connectivity index (χ0v) is 19.4. The van der Waals surface area contributed by atoms with Gasteiger partial charge in [0.05, 0.1) is 35.9 Å². The molecule has 0 fully saturated rings. The lowest BCUT2D eigenvalue weighted by molar-refractivity contribution is -0.156. The summed E-state index contributed by atoms with van der Waals surface area (Å²) < 4.78 is 29.8. The second-order valence-electron chi connectivity index (χ2n) is 8.18. The maximum atomic E-state index is 13.4. The Morgan fingerprint density at radius 2 is 1.94 bits per heavy atom. The minimum atomic E-state index is -0.515. The molecule has 0 unspecified atom stereocenters. The largest absolute Gasteiger partial charge is 0.489 e. The Labute approximate surface area is 196 Å². The molecule has 0 aliphatic heterocycles. The molecule has 176 valence electrons. The molecule has 0 amide bonds. The summed E-state index contributed by atoms with van der Waals surface area (Å²) in [6.45, 7) is 6.21. The van der Waals surface area contributed by atoms with E-state index in [1.165, 1.54) is 18.5 Å². The Morgan fingerprint density at radius 1 is 1.15 bits per heavy atom. The zero-order valence-electron chi connectivity index (χ0n) is 18.7. The molecule has 33 heavy (non-hydrogen) atoms. The summed E-state index contributed by atoms with van der Waals surface area (Å²) in [6, 6.07) is 7.69. The number of carbonyl (C=O) groups is 1. The Morgan fingerprint density at radius 3 is 2.67 bits per heavy atom. The highest BCUT2D eigenvalue weighted by atomic mass is 35.5. The summed E-state index contributed by atoms with van der Waals surface area (Å²) in [5, 5.41) is 3.76. The van der Waals surface area contributed by atoms with Gasteiger partial charge in [-0.3, -0.25) is 4.79 Å². The lowest BCUT2D eigenvalue weighted by atomic mass is 10.2. The van der Waals surface area contributed by atoms with Crippen LogP contribution in [-0.4, -0.2) is 41.4 Å². The second kappa shape index (κ2) is 10.6. The Bertz CT molecular complexity index is 1140. The van der Waals surface area contributed by atoms with Crippen LogP contribution in [0.2, 0.25) is 5.02 Å². The molecule has 2 aromatic carbocycles. The van der Waals surface area contributed by atoms with Crippen LogP contribution in [0, 0.1) is 5.82 Å². The number of nitrogens with two attached hydrogens (primary N) is 1. The van der Waals surface area contributed by atoms with Gasteiger partial charge in [-0.2, -0.15) is 0 Å². The number of aromatic nitrogens is 2. The molecular weight excluding hydrogens is 451 g/mol. The quantitative estimate of drug-likeness (QED) is 0.255. The van der Waals surface area contributed by atoms with Crippen LogP contribution >= 0.6 is 11.6 Å². The summed E-state index contributed by atoms with van der Waals surface area (Å²) in [5.74, 6) is 0.128. The molecule has 0 spiro atoms. The smallest absolute Gasteiger partial charge is 0.308 e. The minimum Gasteiger partial charge on any atom is -0.489 e. The van der Waals surface area contributed by atoms with Gasteiger partial charge >= 0.3 is 5.97 Å². The minimum absolute atomic E-state index is 0.00174. The van der Waals surface area contributed by atoms with Gasteiger partial charge in [0.25, 0.3) is 0 Å². The van der Waals surface area contributed by atoms with Crippen molar-refractivity contribution >= 4 is 45.7 Å². The van der Waals surface area contributed by atoms with Gasteiger partial charge in [0, 0.05) is 17.1 Å². The van der Waals surface area contributed by atoms with Gasteiger partial charge in [-0.15, -0.1) is 0 Å². The molecular formula is C23H26ClFN4O4. The average molecular weight is 477 g/mol. The molecule has 1 aromatic heterocycles. The van der Waals surface area contributed by atoms with Crippen molar-refractivity contribution in [2.45, 2.75) is 32.8 Å². The van der Waals surface area contributed by atoms with Crippen LogP contribution in [0.15, 0.2) is 36.7 Å². The van der Waals surface area contributed by atoms with Crippen molar-refractivity contribution in [2.24, 2.45) is 0 Å². The number of hydrogen-bond acceptors (Lipinski definition) is 8. The first-order valence-corrected chi connectivity index (χ1v) is 10.7. The Balaban J connectivity index is 1.57.